The fourth-order valence-electron chi connectivity index (χ4n) is 2.67. The van der Waals surface area contributed by atoms with Crippen LogP contribution < -0.4 is 0 Å². The molecule has 2 rings (SSSR count). The van der Waals surface area contributed by atoms with Gasteiger partial charge in [0.05, 0.1) is 6.10 Å². The third-order valence-corrected chi connectivity index (χ3v) is 3.74. The van der Waals surface area contributed by atoms with Gasteiger partial charge in [-0.25, -0.2) is 0 Å². The Morgan fingerprint density at radius 1 is 0.857 bits per heavy atom. The Morgan fingerprint density at radius 3 is 1.90 bits per heavy atom. The van der Waals surface area contributed by atoms with Gasteiger partial charge in [0.2, 0.25) is 0 Å². The van der Waals surface area contributed by atoms with Crippen LogP contribution in [-0.4, -0.2) is 17.5 Å². The minimum absolute atomic E-state index is 0.338. The van der Waals surface area contributed by atoms with E-state index in [4.69, 9.17) is 0 Å². The van der Waals surface area contributed by atoms with Crippen molar-refractivity contribution in [2.24, 2.45) is 5.92 Å². The van der Waals surface area contributed by atoms with Gasteiger partial charge in [0, 0.05) is 0 Å². The number of halogens is 6. The molecule has 118 valence electrons. The highest BCUT2D eigenvalue weighted by Gasteiger charge is 2.60. The van der Waals surface area contributed by atoms with Crippen molar-refractivity contribution in [2.45, 2.75) is 44.1 Å². The molecule has 0 aliphatic heterocycles. The first-order valence-electron chi connectivity index (χ1n) is 6.54. The van der Waals surface area contributed by atoms with Gasteiger partial charge in [-0.3, -0.25) is 0 Å². The second kappa shape index (κ2) is 5.51. The first-order chi connectivity index (χ1) is 9.60. The quantitative estimate of drug-likeness (QED) is 0.806. The zero-order chi connectivity index (χ0) is 15.8. The fraction of sp³-hybridized carbons (Fsp3) is 0.571. The van der Waals surface area contributed by atoms with Gasteiger partial charge in [-0.2, -0.15) is 26.3 Å². The molecular weight excluding hydrogens is 298 g/mol. The van der Waals surface area contributed by atoms with Gasteiger partial charge in [-0.15, -0.1) is 0 Å². The van der Waals surface area contributed by atoms with Gasteiger partial charge >= 0.3 is 12.4 Å². The lowest BCUT2D eigenvalue weighted by Gasteiger charge is -2.28. The van der Waals surface area contributed by atoms with Crippen LogP contribution in [0.1, 0.15) is 35.6 Å². The average molecular weight is 312 g/mol. The Hall–Kier alpha value is -1.24. The minimum Gasteiger partial charge on any atom is -0.387 e. The molecule has 7 heteroatoms. The molecule has 1 nitrogen and oxygen atoms in total. The Morgan fingerprint density at radius 2 is 1.38 bits per heavy atom. The third-order valence-electron chi connectivity index (χ3n) is 3.74. The molecule has 0 heterocycles. The molecule has 1 unspecified atom stereocenters. The average Bonchev–Trinajstić information content (AvgIpc) is 2.34. The number of fused-ring (bicyclic) bond motifs is 1. The van der Waals surface area contributed by atoms with Crippen molar-refractivity contribution in [1.82, 2.24) is 0 Å². The summed E-state index contributed by atoms with van der Waals surface area (Å²) in [6.07, 6.45) is -10.6. The summed E-state index contributed by atoms with van der Waals surface area (Å²) in [4.78, 5) is 0. The lowest BCUT2D eigenvalue weighted by atomic mass is 9.87. The molecule has 0 spiro atoms. The van der Waals surface area contributed by atoms with E-state index in [9.17, 15) is 31.4 Å². The van der Waals surface area contributed by atoms with Crippen molar-refractivity contribution >= 4 is 0 Å². The molecule has 1 aromatic rings. The molecule has 1 N–H and O–H groups in total. The monoisotopic (exact) mass is 312 g/mol. The largest absolute Gasteiger partial charge is 0.403 e. The lowest BCUT2D eigenvalue weighted by Crippen LogP contribution is -2.41. The van der Waals surface area contributed by atoms with E-state index in [1.807, 2.05) is 0 Å². The Bertz CT molecular complexity index is 491. The fourth-order valence-corrected chi connectivity index (χ4v) is 2.67. The van der Waals surface area contributed by atoms with Gasteiger partial charge in [0.15, 0.2) is 5.92 Å². The summed E-state index contributed by atoms with van der Waals surface area (Å²) in [6.45, 7) is 0. The van der Waals surface area contributed by atoms with Crippen molar-refractivity contribution < 1.29 is 31.4 Å². The predicted molar refractivity (Wildman–Crippen MR) is 63.6 cm³/mol. The van der Waals surface area contributed by atoms with Crippen LogP contribution in [0.3, 0.4) is 0 Å². The molecule has 0 fully saturated rings. The molecule has 0 aromatic heterocycles. The third kappa shape index (κ3) is 3.51. The number of aryl methyl sites for hydroxylation is 2. The van der Waals surface area contributed by atoms with Crippen molar-refractivity contribution in [3.8, 4) is 0 Å². The summed E-state index contributed by atoms with van der Waals surface area (Å²) in [5, 5.41) is 9.61. The van der Waals surface area contributed by atoms with E-state index in [1.165, 1.54) is 12.1 Å². The Labute approximate surface area is 117 Å². The summed E-state index contributed by atoms with van der Waals surface area (Å²) in [5.74, 6) is -3.77. The molecule has 1 aliphatic carbocycles. The van der Waals surface area contributed by atoms with E-state index in [-0.39, 0.29) is 5.56 Å². The smallest absolute Gasteiger partial charge is 0.387 e. The van der Waals surface area contributed by atoms with Crippen molar-refractivity contribution in [3.63, 3.8) is 0 Å². The maximum absolute atomic E-state index is 12.6. The molecule has 0 bridgehead atoms. The standard InChI is InChI=1S/C14H14F6O/c15-13(16,17)12(14(18,19)20)11(21)10-6-5-8-3-1-2-4-9(8)7-10/h5-7,11-12,21H,1-4H2. The number of aliphatic hydroxyl groups is 1. The van der Waals surface area contributed by atoms with Gasteiger partial charge in [-0.05, 0) is 42.4 Å². The van der Waals surface area contributed by atoms with E-state index in [0.717, 1.165) is 36.5 Å². The molecule has 1 atom stereocenters. The molecule has 0 radical (unpaired) electrons. The maximum Gasteiger partial charge on any atom is 0.403 e. The van der Waals surface area contributed by atoms with Crippen molar-refractivity contribution in [2.75, 3.05) is 0 Å². The van der Waals surface area contributed by atoms with Gasteiger partial charge in [-0.1, -0.05) is 18.2 Å². The highest BCUT2D eigenvalue weighted by atomic mass is 19.4. The maximum atomic E-state index is 12.6. The summed E-state index contributed by atoms with van der Waals surface area (Å²) in [6, 6.07) is 3.93. The molecule has 21 heavy (non-hydrogen) atoms. The number of rotatable bonds is 2. The van der Waals surface area contributed by atoms with Crippen LogP contribution in [-0.2, 0) is 12.8 Å². The zero-order valence-corrected chi connectivity index (χ0v) is 10.9. The minimum atomic E-state index is -5.55. The van der Waals surface area contributed by atoms with Crippen molar-refractivity contribution in [1.29, 1.82) is 0 Å². The van der Waals surface area contributed by atoms with Crippen molar-refractivity contribution in [3.05, 3.63) is 34.9 Å². The predicted octanol–water partition coefficient (Wildman–Crippen LogP) is 4.34. The SMILES string of the molecule is OC(c1ccc2c(c1)CCCC2)C(C(F)(F)F)C(F)(F)F. The Kier molecular flexibility index (Phi) is 4.24. The molecule has 0 amide bonds. The number of aliphatic hydroxyl groups excluding tert-OH is 1. The zero-order valence-electron chi connectivity index (χ0n) is 10.9. The lowest BCUT2D eigenvalue weighted by molar-refractivity contribution is -0.307. The number of hydrogen-bond acceptors (Lipinski definition) is 1. The van der Waals surface area contributed by atoms with Crippen LogP contribution in [0, 0.1) is 5.92 Å². The van der Waals surface area contributed by atoms with Gasteiger partial charge < -0.3 is 5.11 Å². The molecule has 1 aliphatic rings. The van der Waals surface area contributed by atoms with Crippen LogP contribution in [0.5, 0.6) is 0 Å². The molecular formula is C14H14F6O. The van der Waals surface area contributed by atoms with Crippen LogP contribution >= 0.6 is 0 Å². The summed E-state index contributed by atoms with van der Waals surface area (Å²) >= 11 is 0. The highest BCUT2D eigenvalue weighted by Crippen LogP contribution is 2.46. The highest BCUT2D eigenvalue weighted by molar-refractivity contribution is 5.35. The summed E-state index contributed by atoms with van der Waals surface area (Å²) < 4.78 is 75.7. The number of benzene rings is 1. The first-order valence-corrected chi connectivity index (χ1v) is 6.54. The normalized spacial score (nSPS) is 17.7. The second-order valence-electron chi connectivity index (χ2n) is 5.24. The molecule has 1 aromatic carbocycles. The molecule has 0 saturated heterocycles. The van der Waals surface area contributed by atoms with E-state index in [2.05, 4.69) is 0 Å². The first kappa shape index (κ1) is 16.1. The van der Waals surface area contributed by atoms with Crippen LogP contribution in [0.15, 0.2) is 18.2 Å². The van der Waals surface area contributed by atoms with E-state index in [0.29, 0.717) is 6.42 Å². The topological polar surface area (TPSA) is 20.2 Å². The van der Waals surface area contributed by atoms with E-state index in [1.54, 1.807) is 0 Å². The Balaban J connectivity index is 2.35. The van der Waals surface area contributed by atoms with E-state index >= 15 is 0 Å². The summed E-state index contributed by atoms with van der Waals surface area (Å²) in [7, 11) is 0. The number of alkyl halides is 6. The summed E-state index contributed by atoms with van der Waals surface area (Å²) in [5.41, 5.74) is 1.31. The van der Waals surface area contributed by atoms with Crippen LogP contribution in [0.4, 0.5) is 26.3 Å². The van der Waals surface area contributed by atoms with Crippen LogP contribution in [0.2, 0.25) is 0 Å². The van der Waals surface area contributed by atoms with Crippen LogP contribution in [0.25, 0.3) is 0 Å². The second-order valence-corrected chi connectivity index (χ2v) is 5.24. The van der Waals surface area contributed by atoms with E-state index < -0.39 is 24.4 Å². The van der Waals surface area contributed by atoms with Gasteiger partial charge in [0.1, 0.15) is 0 Å². The number of hydrogen-bond donors (Lipinski definition) is 1. The molecule has 0 saturated carbocycles. The van der Waals surface area contributed by atoms with Gasteiger partial charge in [0.25, 0.3) is 0 Å².